The summed E-state index contributed by atoms with van der Waals surface area (Å²) in [4.78, 5) is 24.4. The van der Waals surface area contributed by atoms with Crippen molar-refractivity contribution in [3.63, 3.8) is 0 Å². The lowest BCUT2D eigenvalue weighted by Crippen LogP contribution is -2.12. The van der Waals surface area contributed by atoms with E-state index in [1.807, 2.05) is 50.4 Å². The number of carbonyl (C=O) groups excluding carboxylic acids is 1. The van der Waals surface area contributed by atoms with Gasteiger partial charge in [0.05, 0.1) is 7.11 Å². The van der Waals surface area contributed by atoms with Crippen LogP contribution in [0.1, 0.15) is 67.1 Å². The average Bonchev–Trinajstić information content (AvgIpc) is 3.06. The van der Waals surface area contributed by atoms with Gasteiger partial charge in [0.2, 0.25) is 0 Å². The van der Waals surface area contributed by atoms with Gasteiger partial charge in [-0.15, -0.1) is 0 Å². The maximum absolute atomic E-state index is 13.3. The number of Topliss-reactive ketones (excluding diaryl/α,β-unsaturated/α-hetero) is 1. The van der Waals surface area contributed by atoms with Gasteiger partial charge in [-0.2, -0.15) is 0 Å². The molecule has 1 aromatic heterocycles. The molecular formula is C28H34ClNO4. The van der Waals surface area contributed by atoms with Crippen molar-refractivity contribution in [2.45, 2.75) is 58.3 Å². The topological polar surface area (TPSA) is 68.5 Å². The van der Waals surface area contributed by atoms with Gasteiger partial charge in [-0.05, 0) is 61.4 Å². The minimum absolute atomic E-state index is 0.00668. The van der Waals surface area contributed by atoms with Crippen LogP contribution < -0.4 is 4.74 Å². The van der Waals surface area contributed by atoms with Crippen molar-refractivity contribution in [1.82, 2.24) is 4.57 Å². The summed E-state index contributed by atoms with van der Waals surface area (Å²) in [6.07, 6.45) is 6.22. The Morgan fingerprint density at radius 2 is 1.74 bits per heavy atom. The molecule has 1 heterocycles. The largest absolute Gasteiger partial charge is 0.496 e. The average molecular weight is 484 g/mol. The number of aliphatic carboxylic acids is 1. The molecule has 0 spiro atoms. The van der Waals surface area contributed by atoms with E-state index in [0.717, 1.165) is 60.9 Å². The maximum Gasteiger partial charge on any atom is 0.303 e. The molecule has 1 atom stereocenters. The zero-order valence-corrected chi connectivity index (χ0v) is 21.0. The van der Waals surface area contributed by atoms with Crippen LogP contribution in [0.15, 0.2) is 42.5 Å². The smallest absolute Gasteiger partial charge is 0.303 e. The summed E-state index contributed by atoms with van der Waals surface area (Å²) < 4.78 is 7.53. The van der Waals surface area contributed by atoms with Crippen LogP contribution >= 0.6 is 11.6 Å². The fourth-order valence-corrected chi connectivity index (χ4v) is 4.91. The number of fused-ring (bicyclic) bond motifs is 1. The lowest BCUT2D eigenvalue weighted by molar-refractivity contribution is -0.137. The molecule has 2 aromatic carbocycles. The molecule has 0 saturated carbocycles. The summed E-state index contributed by atoms with van der Waals surface area (Å²) >= 11 is 6.26. The number of hydrogen-bond donors (Lipinski definition) is 1. The highest BCUT2D eigenvalue weighted by atomic mass is 35.5. The van der Waals surface area contributed by atoms with E-state index in [1.165, 1.54) is 5.56 Å². The molecule has 0 aliphatic rings. The van der Waals surface area contributed by atoms with E-state index in [-0.39, 0.29) is 24.5 Å². The van der Waals surface area contributed by atoms with Gasteiger partial charge in [0, 0.05) is 47.1 Å². The van der Waals surface area contributed by atoms with Crippen LogP contribution in [0, 0.1) is 5.92 Å². The molecule has 1 unspecified atom stereocenters. The first kappa shape index (κ1) is 25.8. The number of ether oxygens (including phenoxy) is 1. The summed E-state index contributed by atoms with van der Waals surface area (Å²) in [5.41, 5.74) is 3.92. The van der Waals surface area contributed by atoms with Crippen LogP contribution in [-0.2, 0) is 24.7 Å². The molecule has 0 radical (unpaired) electrons. The Hall–Kier alpha value is -2.79. The standard InChI is InChI=1S/C28H34ClNO4/c1-19(17-27(32)33)16-25(31)28-22-18-21(29)14-15-23(22)30(2)24(28)12-7-5-4-6-10-20-11-8-9-13-26(20)34-3/h8-9,11,13-15,18-19H,4-7,10,12,16-17H2,1-3H3,(H,32,33). The second kappa shape index (κ2) is 12.1. The van der Waals surface area contributed by atoms with Crippen molar-refractivity contribution in [2.24, 2.45) is 13.0 Å². The highest BCUT2D eigenvalue weighted by Crippen LogP contribution is 2.31. The molecule has 0 bridgehead atoms. The molecule has 6 heteroatoms. The third kappa shape index (κ3) is 6.41. The SMILES string of the molecule is COc1ccccc1CCCCCCc1c(C(=O)CC(C)CC(=O)O)c2cc(Cl)ccc2n1C. The predicted octanol–water partition coefficient (Wildman–Crippen LogP) is 6.87. The molecule has 0 saturated heterocycles. The Kier molecular flexibility index (Phi) is 9.17. The molecule has 0 aliphatic heterocycles. The van der Waals surface area contributed by atoms with Crippen LogP contribution in [0.3, 0.4) is 0 Å². The quantitative estimate of drug-likeness (QED) is 0.213. The fourth-order valence-electron chi connectivity index (χ4n) is 4.73. The van der Waals surface area contributed by atoms with Crippen molar-refractivity contribution in [3.05, 3.63) is 64.3 Å². The fraction of sp³-hybridized carbons (Fsp3) is 0.429. The van der Waals surface area contributed by atoms with Crippen LogP contribution in [0.2, 0.25) is 5.02 Å². The number of nitrogens with zero attached hydrogens (tertiary/aromatic N) is 1. The summed E-state index contributed by atoms with van der Waals surface area (Å²) in [5.74, 6) is -0.165. The van der Waals surface area contributed by atoms with Crippen LogP contribution in [0.4, 0.5) is 0 Å². The Morgan fingerprint density at radius 3 is 2.44 bits per heavy atom. The highest BCUT2D eigenvalue weighted by Gasteiger charge is 2.23. The molecule has 0 fully saturated rings. The second-order valence-corrected chi connectivity index (χ2v) is 9.54. The molecule has 0 amide bonds. The van der Waals surface area contributed by atoms with Gasteiger partial charge < -0.3 is 14.4 Å². The summed E-state index contributed by atoms with van der Waals surface area (Å²) in [7, 11) is 3.70. The number of carbonyl (C=O) groups is 2. The van der Waals surface area contributed by atoms with Gasteiger partial charge in [-0.1, -0.05) is 49.6 Å². The number of unbranched alkanes of at least 4 members (excludes halogenated alkanes) is 3. The molecule has 3 aromatic rings. The third-order valence-electron chi connectivity index (χ3n) is 6.42. The van der Waals surface area contributed by atoms with E-state index in [9.17, 15) is 9.59 Å². The van der Waals surface area contributed by atoms with Gasteiger partial charge in [0.1, 0.15) is 5.75 Å². The van der Waals surface area contributed by atoms with E-state index in [0.29, 0.717) is 10.6 Å². The number of carboxylic acids is 1. The minimum Gasteiger partial charge on any atom is -0.496 e. The summed E-state index contributed by atoms with van der Waals surface area (Å²) in [6.45, 7) is 1.81. The van der Waals surface area contributed by atoms with Gasteiger partial charge in [0.15, 0.2) is 5.78 Å². The first-order chi connectivity index (χ1) is 16.3. The number of halogens is 1. The van der Waals surface area contributed by atoms with Gasteiger partial charge in [-0.25, -0.2) is 0 Å². The van der Waals surface area contributed by atoms with Gasteiger partial charge >= 0.3 is 5.97 Å². The van der Waals surface area contributed by atoms with Crippen LogP contribution in [-0.4, -0.2) is 28.5 Å². The molecule has 0 aliphatic carbocycles. The van der Waals surface area contributed by atoms with Crippen molar-refractivity contribution < 1.29 is 19.4 Å². The number of ketones is 1. The van der Waals surface area contributed by atoms with Crippen molar-refractivity contribution in [1.29, 1.82) is 0 Å². The van der Waals surface area contributed by atoms with Crippen molar-refractivity contribution >= 4 is 34.3 Å². The lowest BCUT2D eigenvalue weighted by atomic mass is 9.94. The number of hydrogen-bond acceptors (Lipinski definition) is 3. The summed E-state index contributed by atoms with van der Waals surface area (Å²) in [5, 5.41) is 10.5. The molecule has 5 nitrogen and oxygen atoms in total. The monoisotopic (exact) mass is 483 g/mol. The molecule has 34 heavy (non-hydrogen) atoms. The van der Waals surface area contributed by atoms with E-state index in [4.69, 9.17) is 21.4 Å². The van der Waals surface area contributed by atoms with E-state index >= 15 is 0 Å². The molecule has 3 rings (SSSR count). The Bertz CT molecular complexity index is 1150. The first-order valence-corrected chi connectivity index (χ1v) is 12.3. The summed E-state index contributed by atoms with van der Waals surface area (Å²) in [6, 6.07) is 13.8. The van der Waals surface area contributed by atoms with E-state index in [2.05, 4.69) is 10.6 Å². The third-order valence-corrected chi connectivity index (χ3v) is 6.66. The van der Waals surface area contributed by atoms with Gasteiger partial charge in [-0.3, -0.25) is 9.59 Å². The lowest BCUT2D eigenvalue weighted by Gasteiger charge is -2.11. The van der Waals surface area contributed by atoms with Crippen LogP contribution in [0.5, 0.6) is 5.75 Å². The number of methoxy groups -OCH3 is 1. The number of para-hydroxylation sites is 1. The minimum atomic E-state index is -0.880. The Labute approximate surface area is 206 Å². The maximum atomic E-state index is 13.3. The normalized spacial score (nSPS) is 12.1. The zero-order chi connectivity index (χ0) is 24.7. The number of aromatic nitrogens is 1. The van der Waals surface area contributed by atoms with Crippen LogP contribution in [0.25, 0.3) is 10.9 Å². The predicted molar refractivity (Wildman–Crippen MR) is 137 cm³/mol. The molecule has 1 N–H and O–H groups in total. The van der Waals surface area contributed by atoms with Gasteiger partial charge in [0.25, 0.3) is 0 Å². The first-order valence-electron chi connectivity index (χ1n) is 12.0. The zero-order valence-electron chi connectivity index (χ0n) is 20.3. The number of benzene rings is 2. The second-order valence-electron chi connectivity index (χ2n) is 9.10. The van der Waals surface area contributed by atoms with E-state index in [1.54, 1.807) is 7.11 Å². The molecule has 182 valence electrons. The van der Waals surface area contributed by atoms with Crippen molar-refractivity contribution in [2.75, 3.05) is 7.11 Å². The number of rotatable bonds is 13. The van der Waals surface area contributed by atoms with Crippen molar-refractivity contribution in [3.8, 4) is 5.75 Å². The Morgan fingerprint density at radius 1 is 1.03 bits per heavy atom. The Balaban J connectivity index is 1.67. The number of carboxylic acid groups (broad SMARTS) is 1. The number of aryl methyl sites for hydroxylation is 2. The van der Waals surface area contributed by atoms with E-state index < -0.39 is 5.97 Å². The molecular weight excluding hydrogens is 450 g/mol. The highest BCUT2D eigenvalue weighted by molar-refractivity contribution is 6.31.